The van der Waals surface area contributed by atoms with Gasteiger partial charge in [0.05, 0.1) is 23.7 Å². The minimum absolute atomic E-state index is 0.0550. The molecule has 0 bridgehead atoms. The number of rotatable bonds is 8. The number of amides is 1. The van der Waals surface area contributed by atoms with Crippen molar-refractivity contribution in [2.75, 3.05) is 0 Å². The minimum atomic E-state index is -0.245. The van der Waals surface area contributed by atoms with Gasteiger partial charge in [0.15, 0.2) is 0 Å². The summed E-state index contributed by atoms with van der Waals surface area (Å²) in [6.45, 7) is 2.47. The fourth-order valence-corrected chi connectivity index (χ4v) is 4.09. The van der Waals surface area contributed by atoms with E-state index in [0.29, 0.717) is 11.6 Å². The van der Waals surface area contributed by atoms with E-state index < -0.39 is 0 Å². The van der Waals surface area contributed by atoms with Gasteiger partial charge in [0.1, 0.15) is 12.4 Å². The van der Waals surface area contributed by atoms with Gasteiger partial charge >= 0.3 is 0 Å². The first-order chi connectivity index (χ1) is 15.6. The number of halogens is 1. The van der Waals surface area contributed by atoms with E-state index in [0.717, 1.165) is 33.0 Å². The van der Waals surface area contributed by atoms with Crippen LogP contribution in [-0.4, -0.2) is 10.9 Å². The van der Waals surface area contributed by atoms with Crippen LogP contribution in [0.3, 0.4) is 0 Å². The maximum atomic E-state index is 12.9. The normalized spacial score (nSPS) is 11.7. The van der Waals surface area contributed by atoms with Crippen LogP contribution in [0.25, 0.3) is 0 Å². The van der Waals surface area contributed by atoms with Crippen molar-refractivity contribution in [3.8, 4) is 5.75 Å². The molecule has 1 amide bonds. The van der Waals surface area contributed by atoms with Crippen molar-refractivity contribution in [2.24, 2.45) is 0 Å². The molecule has 0 saturated carbocycles. The van der Waals surface area contributed by atoms with E-state index in [4.69, 9.17) is 16.3 Å². The summed E-state index contributed by atoms with van der Waals surface area (Å²) >= 11 is 7.66. The summed E-state index contributed by atoms with van der Waals surface area (Å²) in [5, 5.41) is 3.83. The third-order valence-corrected chi connectivity index (χ3v) is 6.20. The molecule has 32 heavy (non-hydrogen) atoms. The number of benzene rings is 3. The van der Waals surface area contributed by atoms with E-state index in [-0.39, 0.29) is 18.4 Å². The van der Waals surface area contributed by atoms with Crippen LogP contribution in [0.4, 0.5) is 0 Å². The highest BCUT2D eigenvalue weighted by molar-refractivity contribution is 7.09. The van der Waals surface area contributed by atoms with Crippen molar-refractivity contribution >= 4 is 28.8 Å². The molecule has 1 N–H and O–H groups in total. The fraction of sp³-hybridized carbons (Fsp3) is 0.154. The summed E-state index contributed by atoms with van der Waals surface area (Å²) < 4.78 is 5.81. The Morgan fingerprint density at radius 2 is 1.69 bits per heavy atom. The van der Waals surface area contributed by atoms with Gasteiger partial charge < -0.3 is 10.1 Å². The molecule has 0 saturated heterocycles. The SMILES string of the molecule is Cc1scnc1COc1ccc(CC(=O)NC(c2ccccc2)c2ccc(Cl)cc2)cc1. The van der Waals surface area contributed by atoms with Crippen LogP contribution >= 0.6 is 22.9 Å². The molecule has 0 aliphatic heterocycles. The molecule has 1 aromatic heterocycles. The van der Waals surface area contributed by atoms with Gasteiger partial charge in [0.2, 0.25) is 5.91 Å². The van der Waals surface area contributed by atoms with Crippen molar-refractivity contribution in [2.45, 2.75) is 26.0 Å². The molecule has 6 heteroatoms. The number of aryl methyl sites for hydroxylation is 1. The standard InChI is InChI=1S/C26H23ClN2O2S/c1-18-24(28-17-32-18)16-31-23-13-7-19(8-14-23)15-25(30)29-26(20-5-3-2-4-6-20)21-9-11-22(27)12-10-21/h2-14,17,26H,15-16H2,1H3,(H,29,30). The van der Waals surface area contributed by atoms with Gasteiger partial charge in [0, 0.05) is 9.90 Å². The van der Waals surface area contributed by atoms with Gasteiger partial charge in [-0.2, -0.15) is 0 Å². The van der Waals surface area contributed by atoms with Crippen LogP contribution in [0.5, 0.6) is 5.75 Å². The molecule has 3 aromatic carbocycles. The van der Waals surface area contributed by atoms with Gasteiger partial charge in [-0.25, -0.2) is 4.98 Å². The van der Waals surface area contributed by atoms with E-state index in [1.54, 1.807) is 11.3 Å². The lowest BCUT2D eigenvalue weighted by atomic mass is 9.98. The summed E-state index contributed by atoms with van der Waals surface area (Å²) in [4.78, 5) is 18.3. The molecule has 0 aliphatic carbocycles. The molecular weight excluding hydrogens is 440 g/mol. The van der Waals surface area contributed by atoms with E-state index in [1.807, 2.05) is 91.3 Å². The van der Waals surface area contributed by atoms with Crippen LogP contribution in [0.1, 0.15) is 33.3 Å². The van der Waals surface area contributed by atoms with Crippen molar-refractivity contribution in [1.29, 1.82) is 0 Å². The molecule has 4 aromatic rings. The lowest BCUT2D eigenvalue weighted by Crippen LogP contribution is -2.30. The van der Waals surface area contributed by atoms with Gasteiger partial charge in [0.25, 0.3) is 0 Å². The Balaban J connectivity index is 1.40. The molecule has 4 rings (SSSR count). The molecule has 0 spiro atoms. The second kappa shape index (κ2) is 10.4. The number of nitrogens with zero attached hydrogens (tertiary/aromatic N) is 1. The molecule has 1 atom stereocenters. The van der Waals surface area contributed by atoms with Gasteiger partial charge in [-0.15, -0.1) is 11.3 Å². The number of hydrogen-bond donors (Lipinski definition) is 1. The largest absolute Gasteiger partial charge is 0.487 e. The minimum Gasteiger partial charge on any atom is -0.487 e. The lowest BCUT2D eigenvalue weighted by molar-refractivity contribution is -0.120. The molecule has 1 unspecified atom stereocenters. The number of aromatic nitrogens is 1. The summed E-state index contributed by atoms with van der Waals surface area (Å²) in [5.41, 5.74) is 5.69. The van der Waals surface area contributed by atoms with Gasteiger partial charge in [-0.05, 0) is 47.9 Å². The average molecular weight is 463 g/mol. The summed E-state index contributed by atoms with van der Waals surface area (Å²) in [5.74, 6) is 0.699. The second-order valence-corrected chi connectivity index (χ2v) is 8.92. The predicted molar refractivity (Wildman–Crippen MR) is 129 cm³/mol. The summed E-state index contributed by atoms with van der Waals surface area (Å²) in [6, 6.07) is 24.8. The summed E-state index contributed by atoms with van der Waals surface area (Å²) in [7, 11) is 0. The Morgan fingerprint density at radius 1 is 1.00 bits per heavy atom. The van der Waals surface area contributed by atoms with E-state index in [9.17, 15) is 4.79 Å². The zero-order chi connectivity index (χ0) is 22.3. The Hall–Kier alpha value is -3.15. The number of carbonyl (C=O) groups is 1. The zero-order valence-corrected chi connectivity index (χ0v) is 19.2. The first-order valence-electron chi connectivity index (χ1n) is 10.3. The molecule has 0 aliphatic rings. The zero-order valence-electron chi connectivity index (χ0n) is 17.6. The molecule has 0 radical (unpaired) electrons. The second-order valence-electron chi connectivity index (χ2n) is 7.43. The molecule has 0 fully saturated rings. The average Bonchev–Trinajstić information content (AvgIpc) is 3.23. The summed E-state index contributed by atoms with van der Waals surface area (Å²) in [6.07, 6.45) is 0.280. The van der Waals surface area contributed by atoms with Crippen molar-refractivity contribution in [3.05, 3.63) is 117 Å². The van der Waals surface area contributed by atoms with Crippen molar-refractivity contribution < 1.29 is 9.53 Å². The third kappa shape index (κ3) is 5.75. The Labute approximate surface area is 196 Å². The van der Waals surface area contributed by atoms with Crippen molar-refractivity contribution in [3.63, 3.8) is 0 Å². The maximum absolute atomic E-state index is 12.9. The van der Waals surface area contributed by atoms with Gasteiger partial charge in [-0.1, -0.05) is 66.2 Å². The smallest absolute Gasteiger partial charge is 0.225 e. The lowest BCUT2D eigenvalue weighted by Gasteiger charge is -2.20. The Kier molecular flexibility index (Phi) is 7.20. The van der Waals surface area contributed by atoms with Crippen LogP contribution in [0.2, 0.25) is 5.02 Å². The van der Waals surface area contributed by atoms with E-state index in [1.165, 1.54) is 0 Å². The van der Waals surface area contributed by atoms with Crippen LogP contribution in [0, 0.1) is 6.92 Å². The highest BCUT2D eigenvalue weighted by Gasteiger charge is 2.17. The predicted octanol–water partition coefficient (Wildman–Crippen LogP) is 6.13. The molecule has 4 nitrogen and oxygen atoms in total. The first kappa shape index (κ1) is 22.1. The highest BCUT2D eigenvalue weighted by Crippen LogP contribution is 2.24. The highest BCUT2D eigenvalue weighted by atomic mass is 35.5. The molecular formula is C26H23ClN2O2S. The van der Waals surface area contributed by atoms with E-state index in [2.05, 4.69) is 10.3 Å². The Morgan fingerprint density at radius 3 is 2.34 bits per heavy atom. The quantitative estimate of drug-likeness (QED) is 0.342. The van der Waals surface area contributed by atoms with Gasteiger partial charge in [-0.3, -0.25) is 4.79 Å². The van der Waals surface area contributed by atoms with Crippen LogP contribution in [-0.2, 0) is 17.8 Å². The number of carbonyl (C=O) groups excluding carboxylic acids is 1. The van der Waals surface area contributed by atoms with Crippen LogP contribution in [0.15, 0.2) is 84.4 Å². The third-order valence-electron chi connectivity index (χ3n) is 5.15. The van der Waals surface area contributed by atoms with Crippen molar-refractivity contribution in [1.82, 2.24) is 10.3 Å². The van der Waals surface area contributed by atoms with E-state index >= 15 is 0 Å². The fourth-order valence-electron chi connectivity index (χ4n) is 3.38. The maximum Gasteiger partial charge on any atom is 0.225 e. The number of thiazole rings is 1. The van der Waals surface area contributed by atoms with Crippen LogP contribution < -0.4 is 10.1 Å². The number of nitrogens with one attached hydrogen (secondary N) is 1. The number of hydrogen-bond acceptors (Lipinski definition) is 4. The molecule has 1 heterocycles. The number of ether oxygens (including phenoxy) is 1. The molecule has 162 valence electrons. The monoisotopic (exact) mass is 462 g/mol. The topological polar surface area (TPSA) is 51.2 Å². The first-order valence-corrected chi connectivity index (χ1v) is 11.5. The Bertz CT molecular complexity index is 1160.